The van der Waals surface area contributed by atoms with Crippen molar-refractivity contribution in [1.82, 2.24) is 0 Å². The summed E-state index contributed by atoms with van der Waals surface area (Å²) >= 11 is 0. The number of allylic oxidation sites excluding steroid dienone is 2. The standard InChI is InChI=1S/C48H72O14/c1-11-25(2)43-28(5)17-18-47(62-43)23-34-20-33(61-47)16-15-27(4)42(26(3)13-12-14-32-24-55-45-40(49)29(6)19-35(46(51)58-34)48(32,45)52)59-39-22-37(54-10)44(31(8)57-39)60-38-21-36(53-9)41(50)30(7)56-38/h12-15,17-19,25-26,28,30-31,33-45,49-50,52H,11,16,20-24H2,1-10H3/b13-12+,27-15+,32-14+/t25?,26-,28-,30-,31-,33+,34-,35-,36-,37-,38-,39?,40+,41-,42-,43+,44?,45+,47+,48+/m0/s1. The van der Waals surface area contributed by atoms with Crippen molar-refractivity contribution in [3.8, 4) is 0 Å². The van der Waals surface area contributed by atoms with E-state index in [1.165, 1.54) is 0 Å². The molecule has 6 aliphatic heterocycles. The minimum absolute atomic E-state index is 0.0317. The Hall–Kier alpha value is -2.31. The predicted octanol–water partition coefficient (Wildman–Crippen LogP) is 5.38. The molecule has 348 valence electrons. The summed E-state index contributed by atoms with van der Waals surface area (Å²) in [7, 11) is 3.22. The van der Waals surface area contributed by atoms with Gasteiger partial charge >= 0.3 is 5.97 Å². The number of aliphatic hydroxyl groups is 3. The Morgan fingerprint density at radius 1 is 0.887 bits per heavy atom. The van der Waals surface area contributed by atoms with Gasteiger partial charge in [-0.15, -0.1) is 0 Å². The predicted molar refractivity (Wildman–Crippen MR) is 227 cm³/mol. The van der Waals surface area contributed by atoms with Crippen LogP contribution >= 0.6 is 0 Å². The lowest BCUT2D eigenvalue weighted by atomic mass is 9.71. The number of carbonyl (C=O) groups is 1. The molecular weight excluding hydrogens is 801 g/mol. The van der Waals surface area contributed by atoms with Crippen LogP contribution in [0.25, 0.3) is 0 Å². The summed E-state index contributed by atoms with van der Waals surface area (Å²) in [5, 5.41) is 34.2. The maximum absolute atomic E-state index is 14.3. The van der Waals surface area contributed by atoms with Crippen molar-refractivity contribution < 1.29 is 67.5 Å². The van der Waals surface area contributed by atoms with Gasteiger partial charge in [-0.05, 0) is 62.8 Å². The van der Waals surface area contributed by atoms with E-state index in [-0.39, 0.29) is 42.7 Å². The monoisotopic (exact) mass is 872 g/mol. The number of rotatable bonds is 8. The first-order valence-corrected chi connectivity index (χ1v) is 22.9. The SMILES string of the molecule is CCC(C)[C@H]1O[C@]2(C=C[C@@H]1C)C[C@@H]1C[C@@H](C/C=C(\C)[C@@H](OC3C[C@H](OC)C(O[C@H]4C[C@H](OC)[C@@H](O)[C@H](C)O4)[C@H](C)O3)[C@@H](C)/C=C/C=C3\CO[C@@H]4[C@H](O)C(C)=C[C@@H](C(=O)O1)[C@]34O)O2. The van der Waals surface area contributed by atoms with Crippen LogP contribution in [0.4, 0.5) is 0 Å². The second-order valence-electron chi connectivity index (χ2n) is 19.0. The van der Waals surface area contributed by atoms with E-state index in [9.17, 15) is 20.1 Å². The van der Waals surface area contributed by atoms with Crippen molar-refractivity contribution in [3.63, 3.8) is 0 Å². The van der Waals surface area contributed by atoms with E-state index in [1.807, 2.05) is 32.1 Å². The number of hydrogen-bond donors (Lipinski definition) is 3. The van der Waals surface area contributed by atoms with Crippen molar-refractivity contribution in [1.29, 1.82) is 0 Å². The van der Waals surface area contributed by atoms with Gasteiger partial charge in [0, 0.05) is 51.7 Å². The molecule has 2 bridgehead atoms. The molecule has 0 saturated carbocycles. The Bertz CT molecular complexity index is 1730. The maximum atomic E-state index is 14.3. The number of esters is 1. The molecule has 0 radical (unpaired) electrons. The van der Waals surface area contributed by atoms with Crippen LogP contribution in [0.3, 0.4) is 0 Å². The molecule has 1 aliphatic carbocycles. The second kappa shape index (κ2) is 19.7. The largest absolute Gasteiger partial charge is 0.462 e. The molecule has 14 nitrogen and oxygen atoms in total. The van der Waals surface area contributed by atoms with E-state index in [0.717, 1.165) is 12.0 Å². The Kier molecular flexibility index (Phi) is 15.1. The molecule has 4 fully saturated rings. The fourth-order valence-electron chi connectivity index (χ4n) is 10.6. The molecule has 3 unspecified atom stereocenters. The summed E-state index contributed by atoms with van der Waals surface area (Å²) < 4.78 is 63.7. The minimum atomic E-state index is -1.84. The van der Waals surface area contributed by atoms with Gasteiger partial charge in [0.1, 0.15) is 42.0 Å². The Morgan fingerprint density at radius 3 is 2.32 bits per heavy atom. The number of methoxy groups -OCH3 is 2. The molecule has 3 N–H and O–H groups in total. The number of ether oxygens (including phenoxy) is 10. The molecule has 7 rings (SSSR count). The minimum Gasteiger partial charge on any atom is -0.462 e. The van der Waals surface area contributed by atoms with Gasteiger partial charge in [0.05, 0.1) is 49.3 Å². The number of aliphatic hydroxyl groups excluding tert-OH is 2. The smallest absolute Gasteiger partial charge is 0.316 e. The normalized spacial score (nSPS) is 49.1. The van der Waals surface area contributed by atoms with Crippen molar-refractivity contribution in [2.24, 2.45) is 23.7 Å². The summed E-state index contributed by atoms with van der Waals surface area (Å²) in [5.74, 6) is -2.56. The lowest BCUT2D eigenvalue weighted by Gasteiger charge is -2.48. The van der Waals surface area contributed by atoms with Gasteiger partial charge in [-0.3, -0.25) is 4.79 Å². The van der Waals surface area contributed by atoms with E-state index >= 15 is 0 Å². The van der Waals surface area contributed by atoms with Crippen LogP contribution < -0.4 is 0 Å². The molecule has 0 aromatic rings. The lowest BCUT2D eigenvalue weighted by Crippen LogP contribution is -2.58. The molecule has 6 heterocycles. The van der Waals surface area contributed by atoms with Crippen LogP contribution in [0.15, 0.2) is 59.3 Å². The van der Waals surface area contributed by atoms with Crippen molar-refractivity contribution in [2.75, 3.05) is 20.8 Å². The van der Waals surface area contributed by atoms with Crippen molar-refractivity contribution in [3.05, 3.63) is 59.3 Å². The van der Waals surface area contributed by atoms with Crippen LogP contribution in [-0.4, -0.2) is 139 Å². The van der Waals surface area contributed by atoms with E-state index in [2.05, 4.69) is 39.8 Å². The van der Waals surface area contributed by atoms with Crippen molar-refractivity contribution >= 4 is 5.97 Å². The van der Waals surface area contributed by atoms with Crippen LogP contribution in [0, 0.1) is 23.7 Å². The zero-order valence-electron chi connectivity index (χ0n) is 38.2. The molecule has 62 heavy (non-hydrogen) atoms. The third-order valence-electron chi connectivity index (χ3n) is 14.5. The van der Waals surface area contributed by atoms with E-state index < -0.39 is 90.8 Å². The highest BCUT2D eigenvalue weighted by Gasteiger charge is 2.60. The lowest BCUT2D eigenvalue weighted by molar-refractivity contribution is -0.318. The van der Waals surface area contributed by atoms with Crippen molar-refractivity contribution in [2.45, 2.75) is 191 Å². The molecule has 4 saturated heterocycles. The highest BCUT2D eigenvalue weighted by atomic mass is 16.7. The fourth-order valence-corrected chi connectivity index (χ4v) is 10.6. The fraction of sp³-hybridized carbons (Fsp3) is 0.771. The molecule has 0 aromatic heterocycles. The van der Waals surface area contributed by atoms with Gasteiger partial charge in [0.25, 0.3) is 0 Å². The van der Waals surface area contributed by atoms with E-state index in [4.69, 9.17) is 47.4 Å². The summed E-state index contributed by atoms with van der Waals surface area (Å²) in [6.45, 7) is 16.1. The number of carbonyl (C=O) groups excluding carboxylic acids is 1. The van der Waals surface area contributed by atoms with Gasteiger partial charge in [-0.1, -0.05) is 70.6 Å². The molecule has 0 aromatic carbocycles. The van der Waals surface area contributed by atoms with E-state index in [0.29, 0.717) is 43.3 Å². The first kappa shape index (κ1) is 47.6. The van der Waals surface area contributed by atoms with E-state index in [1.54, 1.807) is 40.2 Å². The van der Waals surface area contributed by atoms with Crippen LogP contribution in [0.1, 0.15) is 93.9 Å². The molecule has 7 aliphatic rings. The average Bonchev–Trinajstić information content (AvgIpc) is 3.58. The molecule has 14 heteroatoms. The quantitative estimate of drug-likeness (QED) is 0.210. The first-order valence-electron chi connectivity index (χ1n) is 22.9. The summed E-state index contributed by atoms with van der Waals surface area (Å²) in [6, 6.07) is 0. The highest BCUT2D eigenvalue weighted by Crippen LogP contribution is 2.47. The van der Waals surface area contributed by atoms with Crippen LogP contribution in [0.2, 0.25) is 0 Å². The Balaban J connectivity index is 1.18. The Morgan fingerprint density at radius 2 is 1.60 bits per heavy atom. The third kappa shape index (κ3) is 9.64. The molecule has 20 atom stereocenters. The highest BCUT2D eigenvalue weighted by molar-refractivity contribution is 5.78. The zero-order valence-corrected chi connectivity index (χ0v) is 38.2. The van der Waals surface area contributed by atoms with Gasteiger partial charge in [0.15, 0.2) is 18.4 Å². The van der Waals surface area contributed by atoms with Gasteiger partial charge in [0.2, 0.25) is 0 Å². The topological polar surface area (TPSA) is 170 Å². The maximum Gasteiger partial charge on any atom is 0.316 e. The summed E-state index contributed by atoms with van der Waals surface area (Å²) in [5.41, 5.74) is 0.134. The molecule has 0 amide bonds. The van der Waals surface area contributed by atoms with Gasteiger partial charge < -0.3 is 62.7 Å². The average molecular weight is 873 g/mol. The number of hydrogen-bond acceptors (Lipinski definition) is 14. The Labute approximate surface area is 367 Å². The summed E-state index contributed by atoms with van der Waals surface area (Å²) in [4.78, 5) is 14.3. The first-order chi connectivity index (χ1) is 29.5. The third-order valence-corrected chi connectivity index (χ3v) is 14.5. The zero-order chi connectivity index (χ0) is 44.7. The van der Waals surface area contributed by atoms with Crippen LogP contribution in [-0.2, 0) is 52.2 Å². The molecular formula is C48H72O14. The van der Waals surface area contributed by atoms with Gasteiger partial charge in [-0.25, -0.2) is 0 Å². The second-order valence-corrected chi connectivity index (χ2v) is 19.0. The molecule has 1 spiro atoms. The number of fused-ring (bicyclic) bond motifs is 2. The van der Waals surface area contributed by atoms with Crippen LogP contribution in [0.5, 0.6) is 0 Å². The summed E-state index contributed by atoms with van der Waals surface area (Å²) in [6.07, 6.45) is 8.55. The van der Waals surface area contributed by atoms with Gasteiger partial charge in [-0.2, -0.15) is 0 Å².